The Kier molecular flexibility index (Phi) is 6.88. The molecule has 4 rings (SSSR count). The van der Waals surface area contributed by atoms with E-state index < -0.39 is 5.82 Å². The van der Waals surface area contributed by atoms with Crippen molar-refractivity contribution >= 4 is 28.4 Å². The van der Waals surface area contributed by atoms with Gasteiger partial charge in [-0.05, 0) is 86.7 Å². The molecule has 1 amide bonds. The highest BCUT2D eigenvalue weighted by Crippen LogP contribution is 2.22. The van der Waals surface area contributed by atoms with Gasteiger partial charge in [0, 0.05) is 35.8 Å². The first-order chi connectivity index (χ1) is 15.0. The van der Waals surface area contributed by atoms with Gasteiger partial charge in [0.05, 0.1) is 5.02 Å². The van der Waals surface area contributed by atoms with Gasteiger partial charge in [-0.1, -0.05) is 11.6 Å². The SMILES string of the molecule is O=C(c1ccc(F)c(Cl)c1)N1CCC(CNCCCc2c[nH]c3ccc(F)cc23)CC1. The van der Waals surface area contributed by atoms with Crippen LogP contribution in [0.25, 0.3) is 10.9 Å². The Morgan fingerprint density at radius 1 is 1.16 bits per heavy atom. The number of likely N-dealkylation sites (tertiary alicyclic amines) is 1. The summed E-state index contributed by atoms with van der Waals surface area (Å²) in [6.07, 6.45) is 5.71. The summed E-state index contributed by atoms with van der Waals surface area (Å²) in [6.45, 7) is 3.21. The number of carbonyl (C=O) groups excluding carboxylic acids is 1. The van der Waals surface area contributed by atoms with Gasteiger partial charge in [0.15, 0.2) is 0 Å². The van der Waals surface area contributed by atoms with Crippen molar-refractivity contribution in [1.29, 1.82) is 0 Å². The summed E-state index contributed by atoms with van der Waals surface area (Å²) in [5.41, 5.74) is 2.54. The zero-order valence-corrected chi connectivity index (χ0v) is 18.0. The molecule has 3 aromatic rings. The fraction of sp³-hybridized carbons (Fsp3) is 0.375. The molecular weight excluding hydrogens is 420 g/mol. The molecule has 1 aliphatic heterocycles. The first kappa shape index (κ1) is 21.8. The van der Waals surface area contributed by atoms with E-state index in [1.165, 1.54) is 24.3 Å². The van der Waals surface area contributed by atoms with E-state index in [1.807, 2.05) is 11.1 Å². The van der Waals surface area contributed by atoms with E-state index in [9.17, 15) is 13.6 Å². The number of hydrogen-bond donors (Lipinski definition) is 2. The van der Waals surface area contributed by atoms with Gasteiger partial charge in [0.25, 0.3) is 5.91 Å². The Labute approximate surface area is 185 Å². The van der Waals surface area contributed by atoms with E-state index in [0.717, 1.165) is 55.2 Å². The molecule has 0 bridgehead atoms. The van der Waals surface area contributed by atoms with Gasteiger partial charge in [-0.25, -0.2) is 8.78 Å². The lowest BCUT2D eigenvalue weighted by Gasteiger charge is -2.32. The molecule has 31 heavy (non-hydrogen) atoms. The first-order valence-corrected chi connectivity index (χ1v) is 11.1. The third-order valence-corrected chi connectivity index (χ3v) is 6.32. The minimum absolute atomic E-state index is 0.0253. The van der Waals surface area contributed by atoms with Crippen molar-refractivity contribution in [2.75, 3.05) is 26.2 Å². The smallest absolute Gasteiger partial charge is 0.253 e. The third-order valence-electron chi connectivity index (χ3n) is 6.03. The van der Waals surface area contributed by atoms with Crippen LogP contribution < -0.4 is 5.32 Å². The number of hydrogen-bond acceptors (Lipinski definition) is 2. The minimum atomic E-state index is -0.514. The Morgan fingerprint density at radius 2 is 1.97 bits per heavy atom. The van der Waals surface area contributed by atoms with Gasteiger partial charge in [-0.15, -0.1) is 0 Å². The van der Waals surface area contributed by atoms with Crippen molar-refractivity contribution < 1.29 is 13.6 Å². The van der Waals surface area contributed by atoms with Crippen LogP contribution in [0.3, 0.4) is 0 Å². The lowest BCUT2D eigenvalue weighted by molar-refractivity contribution is 0.0690. The van der Waals surface area contributed by atoms with Crippen LogP contribution in [0, 0.1) is 17.6 Å². The summed E-state index contributed by atoms with van der Waals surface area (Å²) in [5, 5.41) is 4.45. The number of halogens is 3. The second kappa shape index (κ2) is 9.79. The highest BCUT2D eigenvalue weighted by atomic mass is 35.5. The Hall–Kier alpha value is -2.44. The fourth-order valence-corrected chi connectivity index (χ4v) is 4.40. The maximum atomic E-state index is 13.5. The van der Waals surface area contributed by atoms with Crippen LogP contribution in [0.15, 0.2) is 42.6 Å². The normalized spacial score (nSPS) is 15.0. The molecule has 2 heterocycles. The van der Waals surface area contributed by atoms with Gasteiger partial charge >= 0.3 is 0 Å². The Morgan fingerprint density at radius 3 is 2.74 bits per heavy atom. The monoisotopic (exact) mass is 445 g/mol. The molecular formula is C24H26ClF2N3O. The van der Waals surface area contributed by atoms with Gasteiger partial charge in [-0.3, -0.25) is 4.79 Å². The average Bonchev–Trinajstić information content (AvgIpc) is 3.17. The molecule has 0 radical (unpaired) electrons. The van der Waals surface area contributed by atoms with Crippen LogP contribution in [0.5, 0.6) is 0 Å². The molecule has 0 unspecified atom stereocenters. The van der Waals surface area contributed by atoms with E-state index >= 15 is 0 Å². The Balaban J connectivity index is 1.17. The molecule has 1 aliphatic rings. The first-order valence-electron chi connectivity index (χ1n) is 10.7. The van der Waals surface area contributed by atoms with Crippen molar-refractivity contribution in [3.05, 3.63) is 70.4 Å². The molecule has 7 heteroatoms. The van der Waals surface area contributed by atoms with Crippen molar-refractivity contribution in [3.8, 4) is 0 Å². The average molecular weight is 446 g/mol. The molecule has 0 spiro atoms. The molecule has 4 nitrogen and oxygen atoms in total. The number of piperidine rings is 1. The number of rotatable bonds is 7. The lowest BCUT2D eigenvalue weighted by Crippen LogP contribution is -2.40. The molecule has 1 aromatic heterocycles. The second-order valence-electron chi connectivity index (χ2n) is 8.18. The fourth-order valence-electron chi connectivity index (χ4n) is 4.22. The number of benzene rings is 2. The molecule has 0 atom stereocenters. The third kappa shape index (κ3) is 5.25. The number of nitrogens with one attached hydrogen (secondary N) is 2. The van der Waals surface area contributed by atoms with E-state index in [0.29, 0.717) is 24.6 Å². The van der Waals surface area contributed by atoms with Gasteiger partial charge in [-0.2, -0.15) is 0 Å². The zero-order chi connectivity index (χ0) is 21.8. The van der Waals surface area contributed by atoms with Crippen molar-refractivity contribution in [2.45, 2.75) is 25.7 Å². The largest absolute Gasteiger partial charge is 0.361 e. The number of aryl methyl sites for hydroxylation is 1. The number of H-pyrrole nitrogens is 1. The molecule has 1 saturated heterocycles. The lowest BCUT2D eigenvalue weighted by atomic mass is 9.96. The van der Waals surface area contributed by atoms with Crippen LogP contribution in [0.4, 0.5) is 8.78 Å². The number of nitrogens with zero attached hydrogens (tertiary/aromatic N) is 1. The molecule has 0 saturated carbocycles. The maximum Gasteiger partial charge on any atom is 0.253 e. The van der Waals surface area contributed by atoms with E-state index in [-0.39, 0.29) is 16.7 Å². The second-order valence-corrected chi connectivity index (χ2v) is 8.58. The van der Waals surface area contributed by atoms with Gasteiger partial charge in [0.2, 0.25) is 0 Å². The van der Waals surface area contributed by atoms with Crippen molar-refractivity contribution in [3.63, 3.8) is 0 Å². The predicted octanol–water partition coefficient (Wildman–Crippen LogP) is 5.17. The molecule has 164 valence electrons. The minimum Gasteiger partial charge on any atom is -0.361 e. The molecule has 2 aromatic carbocycles. The predicted molar refractivity (Wildman–Crippen MR) is 119 cm³/mol. The highest BCUT2D eigenvalue weighted by molar-refractivity contribution is 6.31. The van der Waals surface area contributed by atoms with E-state index in [4.69, 9.17) is 11.6 Å². The number of amides is 1. The van der Waals surface area contributed by atoms with Crippen LogP contribution >= 0.6 is 11.6 Å². The standard InChI is InChI=1S/C24H26ClF2N3O/c25-21-12-17(3-5-22(21)27)24(31)30-10-7-16(8-11-30)14-28-9-1-2-18-15-29-23-6-4-19(26)13-20(18)23/h3-6,12-13,15-16,28-29H,1-2,7-11,14H2. The Bertz CT molecular complexity index is 1060. The zero-order valence-electron chi connectivity index (χ0n) is 17.3. The van der Waals surface area contributed by atoms with Crippen LogP contribution in [0.1, 0.15) is 35.2 Å². The van der Waals surface area contributed by atoms with E-state index in [1.54, 1.807) is 12.1 Å². The summed E-state index contributed by atoms with van der Waals surface area (Å²) >= 11 is 5.80. The summed E-state index contributed by atoms with van der Waals surface area (Å²) in [7, 11) is 0. The van der Waals surface area contributed by atoms with Crippen LogP contribution in [0.2, 0.25) is 5.02 Å². The molecule has 1 fully saturated rings. The maximum absolute atomic E-state index is 13.5. The van der Waals surface area contributed by atoms with E-state index in [2.05, 4.69) is 10.3 Å². The van der Waals surface area contributed by atoms with Crippen molar-refractivity contribution in [2.24, 2.45) is 5.92 Å². The summed E-state index contributed by atoms with van der Waals surface area (Å²) in [6, 6.07) is 8.95. The number of carbonyl (C=O) groups is 1. The number of aromatic nitrogens is 1. The molecule has 0 aliphatic carbocycles. The number of aromatic amines is 1. The van der Waals surface area contributed by atoms with Crippen LogP contribution in [-0.4, -0.2) is 42.0 Å². The molecule has 2 N–H and O–H groups in total. The quantitative estimate of drug-likeness (QED) is 0.492. The van der Waals surface area contributed by atoms with Crippen LogP contribution in [-0.2, 0) is 6.42 Å². The van der Waals surface area contributed by atoms with Crippen molar-refractivity contribution in [1.82, 2.24) is 15.2 Å². The van der Waals surface area contributed by atoms with Gasteiger partial charge < -0.3 is 15.2 Å². The summed E-state index contributed by atoms with van der Waals surface area (Å²) in [4.78, 5) is 17.6. The van der Waals surface area contributed by atoms with Gasteiger partial charge in [0.1, 0.15) is 11.6 Å². The number of fused-ring (bicyclic) bond motifs is 1. The summed E-state index contributed by atoms with van der Waals surface area (Å²) < 4.78 is 26.8. The highest BCUT2D eigenvalue weighted by Gasteiger charge is 2.23. The topological polar surface area (TPSA) is 48.1 Å². The summed E-state index contributed by atoms with van der Waals surface area (Å²) in [5.74, 6) is -0.287.